The lowest BCUT2D eigenvalue weighted by molar-refractivity contribution is -0.132. The minimum atomic E-state index is -0.825. The van der Waals surface area contributed by atoms with E-state index in [1.807, 2.05) is 0 Å². The number of anilines is 1. The van der Waals surface area contributed by atoms with Gasteiger partial charge in [-0.15, -0.1) is 0 Å². The zero-order valence-electron chi connectivity index (χ0n) is 13.8. The molecule has 2 heterocycles. The maximum Gasteiger partial charge on any atom is 0.239 e. The summed E-state index contributed by atoms with van der Waals surface area (Å²) < 4.78 is 32.1. The summed E-state index contributed by atoms with van der Waals surface area (Å²) in [6.45, 7) is 4.43. The minimum absolute atomic E-state index is 0.00927. The Kier molecular flexibility index (Phi) is 5.60. The summed E-state index contributed by atoms with van der Waals surface area (Å²) in [5, 5.41) is 2.78. The second-order valence-corrected chi connectivity index (χ2v) is 6.17. The lowest BCUT2D eigenvalue weighted by Gasteiger charge is -2.26. The lowest BCUT2D eigenvalue weighted by Crippen LogP contribution is -2.43. The predicted octanol–water partition coefficient (Wildman–Crippen LogP) is 0.766. The van der Waals surface area contributed by atoms with E-state index in [0.29, 0.717) is 32.7 Å². The van der Waals surface area contributed by atoms with E-state index < -0.39 is 23.5 Å². The molecule has 6 nitrogen and oxygen atoms in total. The highest BCUT2D eigenvalue weighted by atomic mass is 19.1. The average Bonchev–Trinajstić information content (AvgIpc) is 2.97. The molecule has 1 N–H and O–H groups in total. The van der Waals surface area contributed by atoms with Gasteiger partial charge in [-0.05, 0) is 18.6 Å². The number of amides is 2. The third kappa shape index (κ3) is 4.13. The number of nitrogens with one attached hydrogen (secondary N) is 1. The summed E-state index contributed by atoms with van der Waals surface area (Å²) in [4.78, 5) is 28.1. The van der Waals surface area contributed by atoms with E-state index in [1.165, 1.54) is 11.0 Å². The SMILES string of the molecule is O=C(NCCN1CCOCC1)[C@@H]1CCN(c2ccc(F)cc2F)C1=O. The Balaban J connectivity index is 1.53. The summed E-state index contributed by atoms with van der Waals surface area (Å²) in [5.41, 5.74) is 0.00927. The highest BCUT2D eigenvalue weighted by molar-refractivity contribution is 6.09. The van der Waals surface area contributed by atoms with Gasteiger partial charge in [-0.2, -0.15) is 0 Å². The van der Waals surface area contributed by atoms with E-state index >= 15 is 0 Å². The van der Waals surface area contributed by atoms with Crippen LogP contribution >= 0.6 is 0 Å². The molecule has 8 heteroatoms. The van der Waals surface area contributed by atoms with Crippen molar-refractivity contribution in [1.82, 2.24) is 10.2 Å². The fourth-order valence-corrected chi connectivity index (χ4v) is 3.15. The molecule has 2 amide bonds. The third-order valence-corrected chi connectivity index (χ3v) is 4.55. The maximum atomic E-state index is 13.9. The molecule has 1 aromatic rings. The number of rotatable bonds is 5. The summed E-state index contributed by atoms with van der Waals surface area (Å²) in [6, 6.07) is 3.06. The van der Waals surface area contributed by atoms with Gasteiger partial charge in [0.15, 0.2) is 0 Å². The van der Waals surface area contributed by atoms with Crippen molar-refractivity contribution in [3.63, 3.8) is 0 Å². The van der Waals surface area contributed by atoms with Crippen molar-refractivity contribution in [3.05, 3.63) is 29.8 Å². The van der Waals surface area contributed by atoms with Crippen LogP contribution in [0.1, 0.15) is 6.42 Å². The Morgan fingerprint density at radius 2 is 2.00 bits per heavy atom. The van der Waals surface area contributed by atoms with Crippen LogP contribution in [0.15, 0.2) is 18.2 Å². The fourth-order valence-electron chi connectivity index (χ4n) is 3.15. The molecule has 0 radical (unpaired) electrons. The van der Waals surface area contributed by atoms with Crippen molar-refractivity contribution < 1.29 is 23.1 Å². The normalized spacial score (nSPS) is 21.6. The number of halogens is 2. The van der Waals surface area contributed by atoms with Gasteiger partial charge in [0.05, 0.1) is 18.9 Å². The van der Waals surface area contributed by atoms with Gasteiger partial charge in [0.2, 0.25) is 11.8 Å². The van der Waals surface area contributed by atoms with Crippen molar-refractivity contribution >= 4 is 17.5 Å². The molecule has 2 aliphatic rings. The topological polar surface area (TPSA) is 61.9 Å². The van der Waals surface area contributed by atoms with Gasteiger partial charge in [-0.1, -0.05) is 0 Å². The number of carbonyl (C=O) groups excluding carboxylic acids is 2. The number of hydrogen-bond donors (Lipinski definition) is 1. The molecule has 2 aliphatic heterocycles. The molecule has 0 aliphatic carbocycles. The quantitative estimate of drug-likeness (QED) is 0.795. The molecule has 2 fully saturated rings. The van der Waals surface area contributed by atoms with Crippen LogP contribution < -0.4 is 10.2 Å². The summed E-state index contributed by atoms with van der Waals surface area (Å²) in [7, 11) is 0. The second-order valence-electron chi connectivity index (χ2n) is 6.17. The first-order chi connectivity index (χ1) is 12.1. The molecule has 0 unspecified atom stereocenters. The number of carbonyl (C=O) groups is 2. The Morgan fingerprint density at radius 1 is 1.24 bits per heavy atom. The van der Waals surface area contributed by atoms with Gasteiger partial charge in [0.1, 0.15) is 17.6 Å². The Bertz CT molecular complexity index is 650. The van der Waals surface area contributed by atoms with E-state index in [-0.39, 0.29) is 18.1 Å². The van der Waals surface area contributed by atoms with Crippen LogP contribution in [0.2, 0.25) is 0 Å². The smallest absolute Gasteiger partial charge is 0.239 e. The largest absolute Gasteiger partial charge is 0.379 e. The van der Waals surface area contributed by atoms with Crippen molar-refractivity contribution in [2.24, 2.45) is 5.92 Å². The highest BCUT2D eigenvalue weighted by Gasteiger charge is 2.38. The molecule has 1 atom stereocenters. The molecular formula is C17H21F2N3O3. The molecule has 136 valence electrons. The Hall–Kier alpha value is -2.06. The zero-order valence-corrected chi connectivity index (χ0v) is 13.8. The Labute approximate surface area is 144 Å². The van der Waals surface area contributed by atoms with Crippen LogP contribution in [0.25, 0.3) is 0 Å². The van der Waals surface area contributed by atoms with Crippen LogP contribution in [0.3, 0.4) is 0 Å². The second kappa shape index (κ2) is 7.88. The van der Waals surface area contributed by atoms with Gasteiger partial charge in [0, 0.05) is 38.8 Å². The van der Waals surface area contributed by atoms with Gasteiger partial charge in [-0.3, -0.25) is 14.5 Å². The number of morpholine rings is 1. The number of benzene rings is 1. The molecule has 2 saturated heterocycles. The van der Waals surface area contributed by atoms with E-state index in [4.69, 9.17) is 4.74 Å². The van der Waals surface area contributed by atoms with E-state index in [0.717, 1.165) is 25.2 Å². The molecule has 3 rings (SSSR count). The number of hydrogen-bond acceptors (Lipinski definition) is 4. The summed E-state index contributed by atoms with van der Waals surface area (Å²) in [5.74, 6) is -3.13. The molecule has 0 saturated carbocycles. The lowest BCUT2D eigenvalue weighted by atomic mass is 10.1. The molecule has 0 spiro atoms. The summed E-state index contributed by atoms with van der Waals surface area (Å²) >= 11 is 0. The van der Waals surface area contributed by atoms with Crippen LogP contribution in [0.4, 0.5) is 14.5 Å². The molecule has 0 bridgehead atoms. The molecular weight excluding hydrogens is 332 g/mol. The van der Waals surface area contributed by atoms with E-state index in [9.17, 15) is 18.4 Å². The predicted molar refractivity (Wildman–Crippen MR) is 87.1 cm³/mol. The minimum Gasteiger partial charge on any atom is -0.379 e. The monoisotopic (exact) mass is 353 g/mol. The van der Waals surface area contributed by atoms with Crippen LogP contribution in [-0.2, 0) is 14.3 Å². The van der Waals surface area contributed by atoms with Crippen LogP contribution in [-0.4, -0.2) is 62.7 Å². The van der Waals surface area contributed by atoms with E-state index in [1.54, 1.807) is 0 Å². The standard InChI is InChI=1S/C17H21F2N3O3/c18-12-1-2-15(14(19)11-12)22-5-3-13(17(22)24)16(23)20-4-6-21-7-9-25-10-8-21/h1-2,11,13H,3-10H2,(H,20,23)/t13-/m0/s1. The number of nitrogens with zero attached hydrogens (tertiary/aromatic N) is 2. The third-order valence-electron chi connectivity index (χ3n) is 4.55. The van der Waals surface area contributed by atoms with E-state index in [2.05, 4.69) is 10.2 Å². The molecule has 1 aromatic carbocycles. The van der Waals surface area contributed by atoms with Crippen molar-refractivity contribution in [2.75, 3.05) is 50.8 Å². The first-order valence-corrected chi connectivity index (χ1v) is 8.40. The molecule has 25 heavy (non-hydrogen) atoms. The van der Waals surface area contributed by atoms with Gasteiger partial charge in [0.25, 0.3) is 0 Å². The van der Waals surface area contributed by atoms with Gasteiger partial charge < -0.3 is 15.0 Å². The van der Waals surface area contributed by atoms with Crippen LogP contribution in [0, 0.1) is 17.6 Å². The average molecular weight is 353 g/mol. The van der Waals surface area contributed by atoms with Crippen molar-refractivity contribution in [1.29, 1.82) is 0 Å². The number of ether oxygens (including phenoxy) is 1. The summed E-state index contributed by atoms with van der Waals surface area (Å²) in [6.07, 6.45) is 0.318. The van der Waals surface area contributed by atoms with Crippen molar-refractivity contribution in [2.45, 2.75) is 6.42 Å². The van der Waals surface area contributed by atoms with Crippen molar-refractivity contribution in [3.8, 4) is 0 Å². The van der Waals surface area contributed by atoms with Crippen LogP contribution in [0.5, 0.6) is 0 Å². The zero-order chi connectivity index (χ0) is 17.8. The highest BCUT2D eigenvalue weighted by Crippen LogP contribution is 2.28. The first kappa shape index (κ1) is 17.8. The fraction of sp³-hybridized carbons (Fsp3) is 0.529. The maximum absolute atomic E-state index is 13.9. The Morgan fingerprint density at radius 3 is 2.72 bits per heavy atom. The molecule has 0 aromatic heterocycles. The first-order valence-electron chi connectivity index (χ1n) is 8.40. The van der Waals surface area contributed by atoms with Gasteiger partial charge in [-0.25, -0.2) is 8.78 Å². The van der Waals surface area contributed by atoms with Gasteiger partial charge >= 0.3 is 0 Å².